The van der Waals surface area contributed by atoms with E-state index in [9.17, 15) is 14.4 Å². The van der Waals surface area contributed by atoms with Gasteiger partial charge >= 0.3 is 0 Å². The van der Waals surface area contributed by atoms with E-state index in [1.54, 1.807) is 23.1 Å². The molecule has 1 aliphatic carbocycles. The summed E-state index contributed by atoms with van der Waals surface area (Å²) in [4.78, 5) is 43.7. The Labute approximate surface area is 216 Å². The van der Waals surface area contributed by atoms with Gasteiger partial charge in [-0.05, 0) is 54.5 Å². The van der Waals surface area contributed by atoms with Crippen LogP contribution in [-0.2, 0) is 16.1 Å². The molecule has 0 bridgehead atoms. The molecule has 7 heteroatoms. The van der Waals surface area contributed by atoms with Crippen LogP contribution < -0.4 is 10.2 Å². The number of hydrogen-bond acceptors (Lipinski definition) is 3. The minimum Gasteiger partial charge on any atom is -0.352 e. The largest absolute Gasteiger partial charge is 0.352 e. The quantitative estimate of drug-likeness (QED) is 0.452. The molecule has 1 saturated carbocycles. The first-order valence-electron chi connectivity index (χ1n) is 12.6. The Morgan fingerprint density at radius 2 is 1.75 bits per heavy atom. The summed E-state index contributed by atoms with van der Waals surface area (Å²) in [6, 6.07) is 18.2. The van der Waals surface area contributed by atoms with Crippen molar-refractivity contribution < 1.29 is 14.4 Å². The third-order valence-electron chi connectivity index (χ3n) is 7.30. The van der Waals surface area contributed by atoms with Crippen LogP contribution in [0.4, 0.5) is 5.69 Å². The van der Waals surface area contributed by atoms with E-state index in [-0.39, 0.29) is 36.9 Å². The van der Waals surface area contributed by atoms with E-state index >= 15 is 0 Å². The normalized spacial score (nSPS) is 15.9. The minimum absolute atomic E-state index is 0.132. The summed E-state index contributed by atoms with van der Waals surface area (Å²) in [5.74, 6) is -0.591. The highest BCUT2D eigenvalue weighted by Gasteiger charge is 2.35. The van der Waals surface area contributed by atoms with Crippen LogP contribution in [0.1, 0.15) is 54.9 Å². The predicted octanol–water partition coefficient (Wildman–Crippen LogP) is 5.32. The van der Waals surface area contributed by atoms with Gasteiger partial charge in [-0.3, -0.25) is 19.3 Å². The highest BCUT2D eigenvalue weighted by Crippen LogP contribution is 2.37. The second kappa shape index (κ2) is 10.3. The zero-order valence-electron chi connectivity index (χ0n) is 20.4. The highest BCUT2D eigenvalue weighted by atomic mass is 35.5. The van der Waals surface area contributed by atoms with Crippen molar-refractivity contribution in [1.29, 1.82) is 0 Å². The molecule has 0 saturated heterocycles. The van der Waals surface area contributed by atoms with Crippen LogP contribution >= 0.6 is 11.6 Å². The van der Waals surface area contributed by atoms with Crippen LogP contribution in [0, 0.1) is 0 Å². The first-order valence-corrected chi connectivity index (χ1v) is 13.0. The van der Waals surface area contributed by atoms with Crippen LogP contribution in [-0.4, -0.2) is 41.2 Å². The van der Waals surface area contributed by atoms with E-state index in [2.05, 4.69) is 5.32 Å². The second-order valence-corrected chi connectivity index (χ2v) is 10.1. The fourth-order valence-corrected chi connectivity index (χ4v) is 5.56. The second-order valence-electron chi connectivity index (χ2n) is 9.63. The summed E-state index contributed by atoms with van der Waals surface area (Å²) < 4.78 is 0. The van der Waals surface area contributed by atoms with Crippen LogP contribution in [0.3, 0.4) is 0 Å². The van der Waals surface area contributed by atoms with Crippen molar-refractivity contribution >= 4 is 45.8 Å². The summed E-state index contributed by atoms with van der Waals surface area (Å²) in [6.07, 6.45) is 4.63. The molecular formula is C29H30ClN3O3. The van der Waals surface area contributed by atoms with Crippen molar-refractivity contribution in [1.82, 2.24) is 10.2 Å². The van der Waals surface area contributed by atoms with Gasteiger partial charge in [0, 0.05) is 28.6 Å². The highest BCUT2D eigenvalue weighted by molar-refractivity contribution is 6.30. The lowest BCUT2D eigenvalue weighted by molar-refractivity contribution is -0.140. The van der Waals surface area contributed by atoms with Crippen LogP contribution in [0.25, 0.3) is 10.8 Å². The summed E-state index contributed by atoms with van der Waals surface area (Å²) in [5.41, 5.74) is 2.21. The molecule has 1 N–H and O–H groups in total. The van der Waals surface area contributed by atoms with E-state index < -0.39 is 6.04 Å². The molecule has 1 atom stereocenters. The van der Waals surface area contributed by atoms with E-state index in [0.29, 0.717) is 17.0 Å². The fraction of sp³-hybridized carbons (Fsp3) is 0.345. The molecule has 186 valence electrons. The number of carbonyl (C=O) groups excluding carboxylic acids is 3. The zero-order chi connectivity index (χ0) is 25.2. The lowest BCUT2D eigenvalue weighted by Crippen LogP contribution is -2.53. The van der Waals surface area contributed by atoms with E-state index in [4.69, 9.17) is 11.6 Å². The lowest BCUT2D eigenvalue weighted by atomic mass is 10.1. The maximum Gasteiger partial charge on any atom is 0.259 e. The third kappa shape index (κ3) is 4.70. The molecule has 6 nitrogen and oxygen atoms in total. The summed E-state index contributed by atoms with van der Waals surface area (Å²) >= 11 is 6.07. The van der Waals surface area contributed by atoms with Gasteiger partial charge in [-0.2, -0.15) is 0 Å². The molecule has 1 heterocycles. The van der Waals surface area contributed by atoms with Crippen LogP contribution in [0.15, 0.2) is 60.7 Å². The van der Waals surface area contributed by atoms with Crippen molar-refractivity contribution in [2.24, 2.45) is 0 Å². The van der Waals surface area contributed by atoms with Crippen LogP contribution in [0.5, 0.6) is 0 Å². The zero-order valence-corrected chi connectivity index (χ0v) is 21.1. The Morgan fingerprint density at radius 1 is 1.06 bits per heavy atom. The van der Waals surface area contributed by atoms with E-state index in [1.807, 2.05) is 49.4 Å². The number of amides is 3. The van der Waals surface area contributed by atoms with Crippen molar-refractivity contribution in [3.8, 4) is 0 Å². The molecular weight excluding hydrogens is 474 g/mol. The molecule has 0 unspecified atom stereocenters. The average molecular weight is 504 g/mol. The van der Waals surface area contributed by atoms with Gasteiger partial charge in [-0.25, -0.2) is 0 Å². The van der Waals surface area contributed by atoms with Crippen LogP contribution in [0.2, 0.25) is 5.02 Å². The van der Waals surface area contributed by atoms with Gasteiger partial charge in [-0.1, -0.05) is 67.8 Å². The monoisotopic (exact) mass is 503 g/mol. The van der Waals surface area contributed by atoms with Gasteiger partial charge in [0.1, 0.15) is 12.6 Å². The summed E-state index contributed by atoms with van der Waals surface area (Å²) in [7, 11) is 0. The number of nitrogens with zero attached hydrogens (tertiary/aromatic N) is 2. The van der Waals surface area contributed by atoms with Crippen molar-refractivity contribution in [2.45, 2.75) is 57.7 Å². The number of anilines is 1. The standard InChI is InChI=1S/C29H30ClN3O3/c1-2-24(28(35)31-22-9-3-4-10-22)32(17-19-13-15-21(30)16-14-19)26(34)18-33-25-12-6-8-20-7-5-11-23(27(20)25)29(33)36/h5-8,11-16,22,24H,2-4,9-10,17-18H2,1H3,(H,31,35)/t24-/m0/s1. The molecule has 3 aromatic carbocycles. The Kier molecular flexibility index (Phi) is 6.97. The smallest absolute Gasteiger partial charge is 0.259 e. The van der Waals surface area contributed by atoms with Crippen molar-refractivity contribution in [2.75, 3.05) is 11.4 Å². The first kappa shape index (κ1) is 24.3. The number of benzene rings is 3. The number of rotatable bonds is 8. The Balaban J connectivity index is 1.43. The first-order chi connectivity index (χ1) is 17.5. The SMILES string of the molecule is CC[C@@H](C(=O)NC1CCCC1)N(Cc1ccc(Cl)cc1)C(=O)CN1C(=O)c2cccc3cccc1c23. The van der Waals surface area contributed by atoms with Crippen molar-refractivity contribution in [3.05, 3.63) is 76.8 Å². The molecule has 3 aromatic rings. The molecule has 1 fully saturated rings. The van der Waals surface area contributed by atoms with Crippen molar-refractivity contribution in [3.63, 3.8) is 0 Å². The molecule has 1 aliphatic heterocycles. The lowest BCUT2D eigenvalue weighted by Gasteiger charge is -2.33. The number of carbonyl (C=O) groups is 3. The number of nitrogens with one attached hydrogen (secondary N) is 1. The Hall–Kier alpha value is -3.38. The fourth-order valence-electron chi connectivity index (χ4n) is 5.44. The van der Waals surface area contributed by atoms with Gasteiger partial charge in [0.25, 0.3) is 5.91 Å². The molecule has 0 aromatic heterocycles. The summed E-state index contributed by atoms with van der Waals surface area (Å²) in [5, 5.41) is 5.60. The summed E-state index contributed by atoms with van der Waals surface area (Å²) in [6.45, 7) is 2.04. The minimum atomic E-state index is -0.635. The molecule has 5 rings (SSSR count). The molecule has 2 aliphatic rings. The molecule has 3 amide bonds. The maximum atomic E-state index is 13.9. The number of hydrogen-bond donors (Lipinski definition) is 1. The average Bonchev–Trinajstić information content (AvgIpc) is 3.49. The van der Waals surface area contributed by atoms with E-state index in [0.717, 1.165) is 47.7 Å². The van der Waals surface area contributed by atoms with E-state index in [1.165, 1.54) is 4.90 Å². The van der Waals surface area contributed by atoms with Gasteiger partial charge in [0.15, 0.2) is 0 Å². The Morgan fingerprint density at radius 3 is 2.44 bits per heavy atom. The maximum absolute atomic E-state index is 13.9. The molecule has 0 spiro atoms. The number of halogens is 1. The van der Waals surface area contributed by atoms with Gasteiger partial charge in [0.2, 0.25) is 11.8 Å². The topological polar surface area (TPSA) is 69.7 Å². The molecule has 36 heavy (non-hydrogen) atoms. The molecule has 0 radical (unpaired) electrons. The van der Waals surface area contributed by atoms with Gasteiger partial charge < -0.3 is 10.2 Å². The Bertz CT molecular complexity index is 1300. The predicted molar refractivity (Wildman–Crippen MR) is 142 cm³/mol. The van der Waals surface area contributed by atoms with Gasteiger partial charge in [-0.15, -0.1) is 0 Å². The third-order valence-corrected chi connectivity index (χ3v) is 7.55. The van der Waals surface area contributed by atoms with Gasteiger partial charge in [0.05, 0.1) is 5.69 Å².